The lowest BCUT2D eigenvalue weighted by molar-refractivity contribution is 0.414. The summed E-state index contributed by atoms with van der Waals surface area (Å²) in [5.41, 5.74) is 5.34. The minimum Gasteiger partial charge on any atom is -0.387 e. The quantitative estimate of drug-likeness (QED) is 0.912. The molecule has 0 bridgehead atoms. The van der Waals surface area contributed by atoms with Gasteiger partial charge >= 0.3 is 0 Å². The number of fused-ring (bicyclic) bond motifs is 1. The van der Waals surface area contributed by atoms with Crippen molar-refractivity contribution in [2.45, 2.75) is 33.2 Å². The van der Waals surface area contributed by atoms with Crippen LogP contribution in [0.4, 0.5) is 11.5 Å². The summed E-state index contributed by atoms with van der Waals surface area (Å²) in [4.78, 5) is 11.8. The zero-order valence-corrected chi connectivity index (χ0v) is 14.1. The first-order valence-corrected chi connectivity index (χ1v) is 7.91. The zero-order valence-electron chi connectivity index (χ0n) is 14.1. The van der Waals surface area contributed by atoms with Crippen LogP contribution in [-0.4, -0.2) is 48.1 Å². The molecule has 0 saturated carbocycles. The third kappa shape index (κ3) is 2.61. The second-order valence-electron chi connectivity index (χ2n) is 6.38. The molecule has 1 aliphatic heterocycles. The van der Waals surface area contributed by atoms with Crippen LogP contribution in [0.3, 0.4) is 0 Å². The zero-order chi connectivity index (χ0) is 15.9. The van der Waals surface area contributed by atoms with E-state index < -0.39 is 0 Å². The Hall–Kier alpha value is -1.88. The third-order valence-electron chi connectivity index (χ3n) is 4.51. The number of likely N-dealkylation sites (N-methyl/N-ethyl adjacent to an activating group) is 1. The predicted octanol–water partition coefficient (Wildman–Crippen LogP) is 2.71. The van der Waals surface area contributed by atoms with E-state index in [1.54, 1.807) is 0 Å². The van der Waals surface area contributed by atoms with Gasteiger partial charge < -0.3 is 15.5 Å². The summed E-state index contributed by atoms with van der Waals surface area (Å²) in [6.07, 6.45) is 1.16. The Morgan fingerprint density at radius 2 is 2.00 bits per heavy atom. The number of nitrogens with zero attached hydrogens (tertiary/aromatic N) is 3. The van der Waals surface area contributed by atoms with Crippen LogP contribution in [0.15, 0.2) is 6.07 Å². The Kier molecular flexibility index (Phi) is 3.91. The summed E-state index contributed by atoms with van der Waals surface area (Å²) in [5, 5.41) is 8.08. The molecule has 2 N–H and O–H groups in total. The number of nitrogens with one attached hydrogen (secondary N) is 2. The van der Waals surface area contributed by atoms with E-state index in [0.29, 0.717) is 6.04 Å². The maximum Gasteiger partial charge on any atom is 0.164 e. The standard InChI is InChI=1S/C17H25N5/c1-10-8-11(2)19-17-14(10)15(18-4)12(3)16(21-17)20-13-6-7-22(5)9-13/h8,13H,6-7,9H2,1-5H3,(H2,18,19,20,21). The van der Waals surface area contributed by atoms with E-state index in [1.165, 1.54) is 11.1 Å². The lowest BCUT2D eigenvalue weighted by atomic mass is 10.1. The van der Waals surface area contributed by atoms with Crippen LogP contribution in [0.25, 0.3) is 11.0 Å². The molecule has 1 aliphatic rings. The highest BCUT2D eigenvalue weighted by Crippen LogP contribution is 2.32. The SMILES string of the molecule is CNc1c(C)c(NC2CCN(C)C2)nc2nc(C)cc(C)c12. The molecule has 0 amide bonds. The predicted molar refractivity (Wildman–Crippen MR) is 92.8 cm³/mol. The van der Waals surface area contributed by atoms with Gasteiger partial charge in [-0.2, -0.15) is 0 Å². The van der Waals surface area contributed by atoms with Crippen LogP contribution in [0.5, 0.6) is 0 Å². The van der Waals surface area contributed by atoms with E-state index in [1.807, 2.05) is 14.0 Å². The highest BCUT2D eigenvalue weighted by molar-refractivity contribution is 5.95. The smallest absolute Gasteiger partial charge is 0.164 e. The van der Waals surface area contributed by atoms with Crippen molar-refractivity contribution in [1.29, 1.82) is 0 Å². The molecule has 1 fully saturated rings. The minimum absolute atomic E-state index is 0.462. The van der Waals surface area contributed by atoms with Crippen LogP contribution in [0, 0.1) is 20.8 Å². The summed E-state index contributed by atoms with van der Waals surface area (Å²) in [6.45, 7) is 8.47. The van der Waals surface area contributed by atoms with Crippen LogP contribution >= 0.6 is 0 Å². The monoisotopic (exact) mass is 299 g/mol. The lowest BCUT2D eigenvalue weighted by Gasteiger charge is -2.19. The van der Waals surface area contributed by atoms with Crippen LogP contribution in [-0.2, 0) is 0 Å². The molecular formula is C17H25N5. The van der Waals surface area contributed by atoms with Gasteiger partial charge in [-0.3, -0.25) is 0 Å². The first-order chi connectivity index (χ1) is 10.5. The molecular weight excluding hydrogens is 274 g/mol. The molecule has 1 unspecified atom stereocenters. The number of pyridine rings is 2. The van der Waals surface area contributed by atoms with E-state index in [-0.39, 0.29) is 0 Å². The van der Waals surface area contributed by atoms with Crippen molar-refractivity contribution in [3.8, 4) is 0 Å². The molecule has 1 saturated heterocycles. The van der Waals surface area contributed by atoms with Gasteiger partial charge in [0.15, 0.2) is 5.65 Å². The summed E-state index contributed by atoms with van der Waals surface area (Å²) in [5.74, 6) is 0.953. The van der Waals surface area contributed by atoms with Crippen molar-refractivity contribution in [3.05, 3.63) is 22.9 Å². The maximum absolute atomic E-state index is 4.81. The van der Waals surface area contributed by atoms with Crippen molar-refractivity contribution < 1.29 is 0 Å². The van der Waals surface area contributed by atoms with Gasteiger partial charge in [-0.05, 0) is 52.4 Å². The second kappa shape index (κ2) is 5.72. The maximum atomic E-state index is 4.81. The largest absolute Gasteiger partial charge is 0.387 e. The molecule has 118 valence electrons. The molecule has 5 heteroatoms. The van der Waals surface area contributed by atoms with Crippen molar-refractivity contribution >= 4 is 22.5 Å². The van der Waals surface area contributed by atoms with E-state index in [9.17, 15) is 0 Å². The van der Waals surface area contributed by atoms with Gasteiger partial charge in [0.25, 0.3) is 0 Å². The fourth-order valence-corrected chi connectivity index (χ4v) is 3.40. The molecule has 0 aliphatic carbocycles. The normalized spacial score (nSPS) is 18.9. The summed E-state index contributed by atoms with van der Waals surface area (Å²) < 4.78 is 0. The first kappa shape index (κ1) is 15.0. The minimum atomic E-state index is 0.462. The third-order valence-corrected chi connectivity index (χ3v) is 4.51. The number of hydrogen-bond acceptors (Lipinski definition) is 5. The molecule has 2 aromatic heterocycles. The Labute approximate surface area is 132 Å². The van der Waals surface area contributed by atoms with Gasteiger partial charge in [-0.15, -0.1) is 0 Å². The number of rotatable bonds is 3. The van der Waals surface area contributed by atoms with E-state index in [2.05, 4.69) is 47.5 Å². The van der Waals surface area contributed by atoms with Crippen LogP contribution in [0.1, 0.15) is 23.2 Å². The fourth-order valence-electron chi connectivity index (χ4n) is 3.40. The van der Waals surface area contributed by atoms with E-state index >= 15 is 0 Å². The average molecular weight is 299 g/mol. The highest BCUT2D eigenvalue weighted by atomic mass is 15.2. The van der Waals surface area contributed by atoms with Crippen molar-refractivity contribution in [3.63, 3.8) is 0 Å². The number of aryl methyl sites for hydroxylation is 2. The summed E-state index contributed by atoms with van der Waals surface area (Å²) >= 11 is 0. The van der Waals surface area contributed by atoms with Gasteiger partial charge in [0.05, 0.1) is 5.69 Å². The molecule has 1 atom stereocenters. The number of likely N-dealkylation sites (tertiary alicyclic amines) is 1. The second-order valence-corrected chi connectivity index (χ2v) is 6.38. The molecule has 3 rings (SSSR count). The molecule has 2 aromatic rings. The molecule has 3 heterocycles. The van der Waals surface area contributed by atoms with E-state index in [4.69, 9.17) is 4.98 Å². The van der Waals surface area contributed by atoms with Gasteiger partial charge in [0.2, 0.25) is 0 Å². The summed E-state index contributed by atoms with van der Waals surface area (Å²) in [6, 6.07) is 2.58. The van der Waals surface area contributed by atoms with Gasteiger partial charge in [-0.1, -0.05) is 0 Å². The van der Waals surface area contributed by atoms with Crippen molar-refractivity contribution in [2.24, 2.45) is 0 Å². The van der Waals surface area contributed by atoms with Gasteiger partial charge in [0.1, 0.15) is 5.82 Å². The van der Waals surface area contributed by atoms with Crippen molar-refractivity contribution in [2.75, 3.05) is 37.8 Å². The van der Waals surface area contributed by atoms with Crippen LogP contribution in [0.2, 0.25) is 0 Å². The van der Waals surface area contributed by atoms with Crippen LogP contribution < -0.4 is 10.6 Å². The van der Waals surface area contributed by atoms with Gasteiger partial charge in [-0.25, -0.2) is 9.97 Å². The first-order valence-electron chi connectivity index (χ1n) is 7.91. The molecule has 0 aromatic carbocycles. The fraction of sp³-hybridized carbons (Fsp3) is 0.529. The molecule has 0 radical (unpaired) electrons. The lowest BCUT2D eigenvalue weighted by Crippen LogP contribution is -2.24. The number of aromatic nitrogens is 2. The van der Waals surface area contributed by atoms with Gasteiger partial charge in [0, 0.05) is 36.3 Å². The van der Waals surface area contributed by atoms with Crippen molar-refractivity contribution in [1.82, 2.24) is 14.9 Å². The Morgan fingerprint density at radius 1 is 1.23 bits per heavy atom. The number of anilines is 2. The molecule has 22 heavy (non-hydrogen) atoms. The highest BCUT2D eigenvalue weighted by Gasteiger charge is 2.22. The Balaban J connectivity index is 2.09. The average Bonchev–Trinajstić information content (AvgIpc) is 2.85. The Bertz CT molecular complexity index is 710. The Morgan fingerprint density at radius 3 is 2.64 bits per heavy atom. The number of hydrogen-bond donors (Lipinski definition) is 2. The van der Waals surface area contributed by atoms with E-state index in [0.717, 1.165) is 47.7 Å². The topological polar surface area (TPSA) is 53.1 Å². The summed E-state index contributed by atoms with van der Waals surface area (Å²) in [7, 11) is 4.13. The molecule has 0 spiro atoms. The molecule has 5 nitrogen and oxygen atoms in total.